The molecule has 0 saturated carbocycles. The predicted molar refractivity (Wildman–Crippen MR) is 59.2 cm³/mol. The first-order valence-corrected chi connectivity index (χ1v) is 5.34. The Hall–Kier alpha value is -1.51. The second-order valence-electron chi connectivity index (χ2n) is 3.87. The van der Waals surface area contributed by atoms with Gasteiger partial charge in [0.25, 0.3) is 0 Å². The first-order valence-electron chi connectivity index (χ1n) is 5.34. The number of hydrogen-bond acceptors (Lipinski definition) is 2. The maximum Gasteiger partial charge on any atom is 0.303 e. The molecule has 0 atom stereocenters. The number of aliphatic carboxylic acids is 1. The Morgan fingerprint density at radius 3 is 3.13 bits per heavy atom. The van der Waals surface area contributed by atoms with E-state index >= 15 is 0 Å². The average molecular weight is 205 g/mol. The molecule has 0 radical (unpaired) electrons. The monoisotopic (exact) mass is 205 g/mol. The molecule has 1 heterocycles. The van der Waals surface area contributed by atoms with E-state index in [1.807, 2.05) is 12.1 Å². The Morgan fingerprint density at radius 2 is 2.33 bits per heavy atom. The van der Waals surface area contributed by atoms with E-state index in [1.165, 1.54) is 16.8 Å². The van der Waals surface area contributed by atoms with Crippen LogP contribution in [0.2, 0.25) is 0 Å². The van der Waals surface area contributed by atoms with Crippen LogP contribution < -0.4 is 5.32 Å². The zero-order valence-corrected chi connectivity index (χ0v) is 8.62. The molecule has 0 aliphatic carbocycles. The number of hydrogen-bond donors (Lipinski definition) is 2. The molecule has 3 nitrogen and oxygen atoms in total. The zero-order chi connectivity index (χ0) is 10.7. The molecule has 80 valence electrons. The second-order valence-corrected chi connectivity index (χ2v) is 3.87. The lowest BCUT2D eigenvalue weighted by atomic mass is 9.95. The summed E-state index contributed by atoms with van der Waals surface area (Å²) < 4.78 is 0. The van der Waals surface area contributed by atoms with E-state index in [-0.39, 0.29) is 6.42 Å². The van der Waals surface area contributed by atoms with Gasteiger partial charge in [0.1, 0.15) is 0 Å². The van der Waals surface area contributed by atoms with Crippen LogP contribution in [0.4, 0.5) is 5.69 Å². The van der Waals surface area contributed by atoms with Crippen molar-refractivity contribution in [3.8, 4) is 0 Å². The molecule has 0 spiro atoms. The van der Waals surface area contributed by atoms with Gasteiger partial charge in [0.2, 0.25) is 0 Å². The number of benzene rings is 1. The predicted octanol–water partition coefficient (Wildman–Crippen LogP) is 2.06. The van der Waals surface area contributed by atoms with E-state index in [0.29, 0.717) is 6.42 Å². The molecule has 0 bridgehead atoms. The van der Waals surface area contributed by atoms with Crippen molar-refractivity contribution in [3.63, 3.8) is 0 Å². The van der Waals surface area contributed by atoms with Gasteiger partial charge in [0.15, 0.2) is 0 Å². The first-order chi connectivity index (χ1) is 7.27. The van der Waals surface area contributed by atoms with Gasteiger partial charge in [-0.05, 0) is 36.5 Å². The third kappa shape index (κ3) is 2.29. The van der Waals surface area contributed by atoms with Gasteiger partial charge in [-0.15, -0.1) is 0 Å². The van der Waals surface area contributed by atoms with Crippen LogP contribution in [-0.4, -0.2) is 17.6 Å². The Morgan fingerprint density at radius 1 is 1.47 bits per heavy atom. The fourth-order valence-corrected chi connectivity index (χ4v) is 2.06. The molecule has 0 amide bonds. The fraction of sp³-hybridized carbons (Fsp3) is 0.417. The van der Waals surface area contributed by atoms with E-state index in [4.69, 9.17) is 5.11 Å². The number of carboxylic acids is 1. The summed E-state index contributed by atoms with van der Waals surface area (Å²) in [6.07, 6.45) is 3.06. The minimum absolute atomic E-state index is 0.219. The van der Waals surface area contributed by atoms with E-state index < -0.39 is 5.97 Å². The highest BCUT2D eigenvalue weighted by Crippen LogP contribution is 2.25. The number of carbonyl (C=O) groups is 1. The number of carboxylic acid groups (broad SMARTS) is 1. The van der Waals surface area contributed by atoms with Crippen LogP contribution in [0.1, 0.15) is 24.0 Å². The molecule has 15 heavy (non-hydrogen) atoms. The summed E-state index contributed by atoms with van der Waals surface area (Å²) in [5.41, 5.74) is 3.68. The van der Waals surface area contributed by atoms with Crippen molar-refractivity contribution in [2.75, 3.05) is 11.9 Å². The molecule has 0 fully saturated rings. The molecule has 1 aromatic rings. The van der Waals surface area contributed by atoms with Gasteiger partial charge >= 0.3 is 5.97 Å². The molecule has 0 aromatic heterocycles. The van der Waals surface area contributed by atoms with Crippen molar-refractivity contribution in [3.05, 3.63) is 29.3 Å². The molecule has 1 aliphatic heterocycles. The number of aryl methyl sites for hydroxylation is 1. The van der Waals surface area contributed by atoms with Crippen molar-refractivity contribution < 1.29 is 9.90 Å². The molecule has 1 aromatic carbocycles. The summed E-state index contributed by atoms with van der Waals surface area (Å²) in [5.74, 6) is -0.726. The topological polar surface area (TPSA) is 49.3 Å². The van der Waals surface area contributed by atoms with Crippen LogP contribution in [0, 0.1) is 0 Å². The number of nitrogens with one attached hydrogen (secondary N) is 1. The van der Waals surface area contributed by atoms with Gasteiger partial charge in [-0.1, -0.05) is 12.1 Å². The van der Waals surface area contributed by atoms with Crippen molar-refractivity contribution in [1.82, 2.24) is 0 Å². The minimum Gasteiger partial charge on any atom is -0.481 e. The standard InChI is InChI=1S/C12H15NO2/c14-12(15)7-6-9-3-1-5-11-10(9)4-2-8-13-11/h1,3,5,13H,2,4,6-8H2,(H,14,15). The van der Waals surface area contributed by atoms with Crippen molar-refractivity contribution in [2.45, 2.75) is 25.7 Å². The van der Waals surface area contributed by atoms with Crippen LogP contribution in [0.5, 0.6) is 0 Å². The van der Waals surface area contributed by atoms with E-state index in [0.717, 1.165) is 19.4 Å². The van der Waals surface area contributed by atoms with Crippen LogP contribution in [-0.2, 0) is 17.6 Å². The van der Waals surface area contributed by atoms with Gasteiger partial charge in [0.05, 0.1) is 0 Å². The normalized spacial score (nSPS) is 14.1. The Bertz CT molecular complexity index is 374. The summed E-state index contributed by atoms with van der Waals surface area (Å²) in [7, 11) is 0. The van der Waals surface area contributed by atoms with Crippen molar-refractivity contribution in [2.24, 2.45) is 0 Å². The number of rotatable bonds is 3. The molecular weight excluding hydrogens is 190 g/mol. The van der Waals surface area contributed by atoms with Crippen molar-refractivity contribution in [1.29, 1.82) is 0 Å². The second kappa shape index (κ2) is 4.34. The highest BCUT2D eigenvalue weighted by Gasteiger charge is 2.12. The number of fused-ring (bicyclic) bond motifs is 1. The maximum absolute atomic E-state index is 10.5. The molecule has 2 rings (SSSR count). The Labute approximate surface area is 89.1 Å². The van der Waals surface area contributed by atoms with E-state index in [1.54, 1.807) is 0 Å². The molecule has 1 aliphatic rings. The van der Waals surface area contributed by atoms with Crippen LogP contribution in [0.15, 0.2) is 18.2 Å². The molecule has 3 heteroatoms. The van der Waals surface area contributed by atoms with Gasteiger partial charge in [-0.2, -0.15) is 0 Å². The third-order valence-electron chi connectivity index (χ3n) is 2.80. The summed E-state index contributed by atoms with van der Waals surface area (Å²) >= 11 is 0. The summed E-state index contributed by atoms with van der Waals surface area (Å²) in [4.78, 5) is 10.5. The summed E-state index contributed by atoms with van der Waals surface area (Å²) in [5, 5.41) is 12.0. The quantitative estimate of drug-likeness (QED) is 0.794. The molecule has 0 unspecified atom stereocenters. The van der Waals surface area contributed by atoms with Gasteiger partial charge in [-0.3, -0.25) is 4.79 Å². The van der Waals surface area contributed by atoms with Gasteiger partial charge < -0.3 is 10.4 Å². The molecule has 0 saturated heterocycles. The lowest BCUT2D eigenvalue weighted by Crippen LogP contribution is -2.13. The maximum atomic E-state index is 10.5. The fourth-order valence-electron chi connectivity index (χ4n) is 2.06. The Kier molecular flexibility index (Phi) is 2.90. The zero-order valence-electron chi connectivity index (χ0n) is 8.62. The first kappa shape index (κ1) is 10.0. The number of anilines is 1. The van der Waals surface area contributed by atoms with Crippen molar-refractivity contribution >= 4 is 11.7 Å². The molecular formula is C12H15NO2. The lowest BCUT2D eigenvalue weighted by molar-refractivity contribution is -0.136. The largest absolute Gasteiger partial charge is 0.481 e. The third-order valence-corrected chi connectivity index (χ3v) is 2.80. The smallest absolute Gasteiger partial charge is 0.303 e. The Balaban J connectivity index is 2.19. The van der Waals surface area contributed by atoms with E-state index in [2.05, 4.69) is 11.4 Å². The van der Waals surface area contributed by atoms with Crippen LogP contribution in [0.25, 0.3) is 0 Å². The minimum atomic E-state index is -0.726. The lowest BCUT2D eigenvalue weighted by Gasteiger charge is -2.20. The average Bonchev–Trinajstić information content (AvgIpc) is 2.26. The SMILES string of the molecule is O=C(O)CCc1cccc2c1CCCN2. The van der Waals surface area contributed by atoms with Gasteiger partial charge in [0, 0.05) is 18.7 Å². The van der Waals surface area contributed by atoms with E-state index in [9.17, 15) is 4.79 Å². The summed E-state index contributed by atoms with van der Waals surface area (Å²) in [6.45, 7) is 1.02. The van der Waals surface area contributed by atoms with Gasteiger partial charge in [-0.25, -0.2) is 0 Å². The molecule has 2 N–H and O–H groups in total. The highest BCUT2D eigenvalue weighted by molar-refractivity contribution is 5.67. The summed E-state index contributed by atoms with van der Waals surface area (Å²) in [6, 6.07) is 6.10. The highest BCUT2D eigenvalue weighted by atomic mass is 16.4. The van der Waals surface area contributed by atoms with Crippen LogP contribution >= 0.6 is 0 Å². The van der Waals surface area contributed by atoms with Crippen LogP contribution in [0.3, 0.4) is 0 Å².